The third-order valence-corrected chi connectivity index (χ3v) is 3.10. The number of hydrogen-bond acceptors (Lipinski definition) is 2. The van der Waals surface area contributed by atoms with Crippen LogP contribution in [0.4, 0.5) is 23.4 Å². The molecule has 1 aromatic heterocycles. The third-order valence-electron chi connectivity index (χ3n) is 2.88. The van der Waals surface area contributed by atoms with E-state index in [4.69, 9.17) is 11.6 Å². The van der Waals surface area contributed by atoms with E-state index in [2.05, 4.69) is 4.98 Å². The fraction of sp³-hybridized carbons (Fsp3) is 0.143. The minimum Gasteiger partial charge on any atom is -0.296 e. The number of pyridine rings is 1. The maximum atomic E-state index is 13.2. The zero-order valence-electron chi connectivity index (χ0n) is 11.2. The van der Waals surface area contributed by atoms with Crippen LogP contribution < -0.4 is 4.90 Å². The van der Waals surface area contributed by atoms with Gasteiger partial charge in [0.2, 0.25) is 0 Å². The summed E-state index contributed by atoms with van der Waals surface area (Å²) >= 11 is 5.67. The Morgan fingerprint density at radius 2 is 1.91 bits per heavy atom. The van der Waals surface area contributed by atoms with Crippen molar-refractivity contribution in [1.29, 1.82) is 0 Å². The molecule has 0 saturated heterocycles. The molecule has 0 aliphatic heterocycles. The van der Waals surface area contributed by atoms with Gasteiger partial charge in [-0.05, 0) is 30.3 Å². The van der Waals surface area contributed by atoms with E-state index in [9.17, 15) is 22.4 Å². The highest BCUT2D eigenvalue weighted by atomic mass is 35.5. The molecular weight excluding hydrogens is 324 g/mol. The Morgan fingerprint density at radius 1 is 1.23 bits per heavy atom. The van der Waals surface area contributed by atoms with Gasteiger partial charge in [-0.1, -0.05) is 11.6 Å². The van der Waals surface area contributed by atoms with E-state index in [0.717, 1.165) is 11.0 Å². The zero-order valence-corrected chi connectivity index (χ0v) is 11.9. The molecule has 0 fully saturated rings. The van der Waals surface area contributed by atoms with E-state index < -0.39 is 23.5 Å². The molecule has 0 saturated carbocycles. The minimum absolute atomic E-state index is 0.201. The number of nitrogens with zero attached hydrogens (tertiary/aromatic N) is 2. The van der Waals surface area contributed by atoms with Crippen molar-refractivity contribution in [3.63, 3.8) is 0 Å². The Kier molecular flexibility index (Phi) is 4.37. The van der Waals surface area contributed by atoms with Crippen molar-refractivity contribution in [3.05, 3.63) is 58.5 Å². The SMILES string of the molecule is CN(C(=O)c1ccc(F)c(C(F)(F)F)c1)c1ccc(Cl)cn1. The molecule has 116 valence electrons. The molecule has 0 atom stereocenters. The normalized spacial score (nSPS) is 11.4. The van der Waals surface area contributed by atoms with Gasteiger partial charge in [0.15, 0.2) is 0 Å². The van der Waals surface area contributed by atoms with Crippen molar-refractivity contribution < 1.29 is 22.4 Å². The summed E-state index contributed by atoms with van der Waals surface area (Å²) in [5.41, 5.74) is -1.79. The number of amides is 1. The molecule has 2 rings (SSSR count). The second kappa shape index (κ2) is 5.92. The molecule has 0 aliphatic carbocycles. The number of alkyl halides is 3. The Labute approximate surface area is 128 Å². The van der Waals surface area contributed by atoms with Gasteiger partial charge in [0.25, 0.3) is 5.91 Å². The molecular formula is C14H9ClF4N2O. The van der Waals surface area contributed by atoms with E-state index in [0.29, 0.717) is 17.2 Å². The van der Waals surface area contributed by atoms with E-state index in [-0.39, 0.29) is 11.4 Å². The molecule has 2 aromatic rings. The number of anilines is 1. The number of carbonyl (C=O) groups is 1. The summed E-state index contributed by atoms with van der Waals surface area (Å²) in [7, 11) is 1.34. The van der Waals surface area contributed by atoms with Crippen molar-refractivity contribution in [2.45, 2.75) is 6.18 Å². The van der Waals surface area contributed by atoms with E-state index >= 15 is 0 Å². The average Bonchev–Trinajstić information content (AvgIpc) is 2.46. The van der Waals surface area contributed by atoms with Crippen molar-refractivity contribution in [2.24, 2.45) is 0 Å². The van der Waals surface area contributed by atoms with Crippen LogP contribution in [0.15, 0.2) is 36.5 Å². The fourth-order valence-electron chi connectivity index (χ4n) is 1.74. The van der Waals surface area contributed by atoms with Gasteiger partial charge in [-0.25, -0.2) is 9.37 Å². The van der Waals surface area contributed by atoms with Crippen LogP contribution in [-0.4, -0.2) is 17.9 Å². The first-order valence-corrected chi connectivity index (χ1v) is 6.34. The molecule has 0 spiro atoms. The average molecular weight is 333 g/mol. The topological polar surface area (TPSA) is 33.2 Å². The fourth-order valence-corrected chi connectivity index (χ4v) is 1.85. The van der Waals surface area contributed by atoms with Crippen LogP contribution in [0.5, 0.6) is 0 Å². The van der Waals surface area contributed by atoms with Gasteiger partial charge in [0.05, 0.1) is 10.6 Å². The summed E-state index contributed by atoms with van der Waals surface area (Å²) in [5.74, 6) is -1.98. The number of aromatic nitrogens is 1. The molecule has 1 heterocycles. The number of halogens is 5. The largest absolute Gasteiger partial charge is 0.419 e. The molecule has 8 heteroatoms. The molecule has 0 N–H and O–H groups in total. The summed E-state index contributed by atoms with van der Waals surface area (Å²) in [6, 6.07) is 5.00. The number of carbonyl (C=O) groups excluding carboxylic acids is 1. The second-order valence-electron chi connectivity index (χ2n) is 4.39. The lowest BCUT2D eigenvalue weighted by Gasteiger charge is -2.17. The quantitative estimate of drug-likeness (QED) is 0.773. The summed E-state index contributed by atoms with van der Waals surface area (Å²) in [6.07, 6.45) is -3.58. The summed E-state index contributed by atoms with van der Waals surface area (Å²) in [4.78, 5) is 17.1. The monoisotopic (exact) mass is 332 g/mol. The van der Waals surface area contributed by atoms with Gasteiger partial charge in [-0.2, -0.15) is 13.2 Å². The van der Waals surface area contributed by atoms with Gasteiger partial charge >= 0.3 is 6.18 Å². The first-order valence-electron chi connectivity index (χ1n) is 5.96. The molecule has 22 heavy (non-hydrogen) atoms. The summed E-state index contributed by atoms with van der Waals surface area (Å²) in [6.45, 7) is 0. The maximum Gasteiger partial charge on any atom is 0.419 e. The lowest BCUT2D eigenvalue weighted by Crippen LogP contribution is -2.27. The first-order chi connectivity index (χ1) is 10.2. The smallest absolute Gasteiger partial charge is 0.296 e. The standard InChI is InChI=1S/C14H9ClF4N2O/c1-21(12-5-3-9(15)7-20-12)13(22)8-2-4-11(16)10(6-8)14(17,18)19/h2-7H,1H3. The molecule has 0 radical (unpaired) electrons. The van der Waals surface area contributed by atoms with Crippen LogP contribution in [0.2, 0.25) is 5.02 Å². The lowest BCUT2D eigenvalue weighted by atomic mass is 10.1. The summed E-state index contributed by atoms with van der Waals surface area (Å²) < 4.78 is 51.2. The minimum atomic E-state index is -4.88. The van der Waals surface area contributed by atoms with Gasteiger partial charge in [-0.3, -0.25) is 9.69 Å². The first kappa shape index (κ1) is 16.2. The van der Waals surface area contributed by atoms with Crippen LogP contribution in [0.1, 0.15) is 15.9 Å². The Morgan fingerprint density at radius 3 is 2.45 bits per heavy atom. The van der Waals surface area contributed by atoms with Crippen LogP contribution in [0, 0.1) is 5.82 Å². The lowest BCUT2D eigenvalue weighted by molar-refractivity contribution is -0.140. The molecule has 0 bridgehead atoms. The van der Waals surface area contributed by atoms with Crippen molar-refractivity contribution in [3.8, 4) is 0 Å². The predicted molar refractivity (Wildman–Crippen MR) is 73.4 cm³/mol. The van der Waals surface area contributed by atoms with Crippen molar-refractivity contribution >= 4 is 23.3 Å². The van der Waals surface area contributed by atoms with Crippen LogP contribution in [0.3, 0.4) is 0 Å². The molecule has 1 amide bonds. The zero-order chi connectivity index (χ0) is 16.5. The van der Waals surface area contributed by atoms with Gasteiger partial charge in [0, 0.05) is 18.8 Å². The van der Waals surface area contributed by atoms with Crippen LogP contribution >= 0.6 is 11.6 Å². The van der Waals surface area contributed by atoms with Crippen LogP contribution in [-0.2, 0) is 6.18 Å². The highest BCUT2D eigenvalue weighted by Gasteiger charge is 2.35. The number of hydrogen-bond donors (Lipinski definition) is 0. The van der Waals surface area contributed by atoms with E-state index in [1.54, 1.807) is 0 Å². The van der Waals surface area contributed by atoms with Crippen molar-refractivity contribution in [1.82, 2.24) is 4.98 Å². The van der Waals surface area contributed by atoms with Gasteiger partial charge in [-0.15, -0.1) is 0 Å². The summed E-state index contributed by atoms with van der Waals surface area (Å²) in [5, 5.41) is 0.353. The molecule has 0 aliphatic rings. The third kappa shape index (κ3) is 3.36. The van der Waals surface area contributed by atoms with Gasteiger partial charge < -0.3 is 0 Å². The number of benzene rings is 1. The highest BCUT2D eigenvalue weighted by Crippen LogP contribution is 2.32. The van der Waals surface area contributed by atoms with Gasteiger partial charge in [0.1, 0.15) is 11.6 Å². The number of rotatable bonds is 2. The van der Waals surface area contributed by atoms with Crippen molar-refractivity contribution in [2.75, 3.05) is 11.9 Å². The van der Waals surface area contributed by atoms with E-state index in [1.807, 2.05) is 0 Å². The van der Waals surface area contributed by atoms with E-state index in [1.165, 1.54) is 25.4 Å². The second-order valence-corrected chi connectivity index (χ2v) is 4.83. The maximum absolute atomic E-state index is 13.2. The molecule has 1 aromatic carbocycles. The Hall–Kier alpha value is -2.15. The Balaban J connectivity index is 2.35. The molecule has 3 nitrogen and oxygen atoms in total. The predicted octanol–water partition coefficient (Wildman–Crippen LogP) is 4.17. The highest BCUT2D eigenvalue weighted by molar-refractivity contribution is 6.30. The van der Waals surface area contributed by atoms with Crippen LogP contribution in [0.25, 0.3) is 0 Å². The Bertz CT molecular complexity index is 701. The molecule has 0 unspecified atom stereocenters.